The minimum atomic E-state index is -1.05. The molecule has 1 aliphatic heterocycles. The highest BCUT2D eigenvalue weighted by Gasteiger charge is 2.27. The molecule has 4 N–H and O–H groups in total. The fraction of sp³-hybridized carbons (Fsp3) is 0.400. The lowest BCUT2D eigenvalue weighted by molar-refractivity contribution is -0.132. The Labute approximate surface area is 57.4 Å². The smallest absolute Gasteiger partial charge is 0.338 e. The van der Waals surface area contributed by atoms with Crippen LogP contribution in [0.3, 0.4) is 0 Å². The number of hydroxylamine groups is 1. The molecule has 1 rings (SSSR count). The molecule has 1 aliphatic rings. The van der Waals surface area contributed by atoms with E-state index in [4.69, 9.17) is 10.8 Å². The second kappa shape index (κ2) is 2.18. The number of carboxylic acids is 1. The van der Waals surface area contributed by atoms with E-state index in [0.717, 1.165) is 0 Å². The van der Waals surface area contributed by atoms with Crippen molar-refractivity contribution in [1.29, 1.82) is 0 Å². The summed E-state index contributed by atoms with van der Waals surface area (Å²) in [6.45, 7) is 1.66. The van der Waals surface area contributed by atoms with Crippen molar-refractivity contribution in [2.45, 2.75) is 13.0 Å². The van der Waals surface area contributed by atoms with Gasteiger partial charge in [-0.3, -0.25) is 0 Å². The maximum atomic E-state index is 10.4. The third-order valence-electron chi connectivity index (χ3n) is 1.27. The van der Waals surface area contributed by atoms with Gasteiger partial charge in [0.15, 0.2) is 0 Å². The van der Waals surface area contributed by atoms with E-state index in [1.165, 1.54) is 0 Å². The van der Waals surface area contributed by atoms with Crippen LogP contribution in [0.25, 0.3) is 0 Å². The van der Waals surface area contributed by atoms with Gasteiger partial charge in [-0.1, -0.05) is 0 Å². The van der Waals surface area contributed by atoms with Crippen molar-refractivity contribution >= 4 is 5.97 Å². The number of hydrogen-bond acceptors (Lipinski definition) is 4. The molecule has 0 fully saturated rings. The molecule has 1 atom stereocenters. The summed E-state index contributed by atoms with van der Waals surface area (Å²) in [5, 5.41) is 8.50. The van der Waals surface area contributed by atoms with Crippen LogP contribution in [-0.4, -0.2) is 17.1 Å². The first-order valence-electron chi connectivity index (χ1n) is 2.78. The average molecular weight is 144 g/mol. The monoisotopic (exact) mass is 144 g/mol. The molecule has 0 aliphatic carbocycles. The lowest BCUT2D eigenvalue weighted by Crippen LogP contribution is -2.23. The number of nitrogens with two attached hydrogens (primary N) is 1. The van der Waals surface area contributed by atoms with Gasteiger partial charge in [0, 0.05) is 0 Å². The van der Waals surface area contributed by atoms with E-state index in [0.29, 0.717) is 0 Å². The van der Waals surface area contributed by atoms with Crippen LogP contribution >= 0.6 is 0 Å². The number of aliphatic carboxylic acids is 1. The Morgan fingerprint density at radius 1 is 1.90 bits per heavy atom. The van der Waals surface area contributed by atoms with Crippen LogP contribution in [-0.2, 0) is 9.63 Å². The first-order valence-corrected chi connectivity index (χ1v) is 2.78. The molecule has 1 heterocycles. The molecular weight excluding hydrogens is 136 g/mol. The van der Waals surface area contributed by atoms with Crippen LogP contribution in [0, 0.1) is 0 Å². The summed E-state index contributed by atoms with van der Waals surface area (Å²) < 4.78 is 0. The van der Waals surface area contributed by atoms with Gasteiger partial charge in [-0.2, -0.15) is 0 Å². The molecule has 1 unspecified atom stereocenters. The van der Waals surface area contributed by atoms with Crippen LogP contribution in [0.15, 0.2) is 11.5 Å². The van der Waals surface area contributed by atoms with Crippen LogP contribution < -0.4 is 11.2 Å². The third kappa shape index (κ3) is 0.906. The van der Waals surface area contributed by atoms with Crippen LogP contribution in [0.4, 0.5) is 0 Å². The summed E-state index contributed by atoms with van der Waals surface area (Å²) in [5.74, 6) is -1.10. The molecule has 0 aromatic heterocycles. The lowest BCUT2D eigenvalue weighted by atomic mass is 10.1. The molecule has 0 amide bonds. The minimum absolute atomic E-state index is 0.0556. The first kappa shape index (κ1) is 6.88. The van der Waals surface area contributed by atoms with E-state index in [9.17, 15) is 4.79 Å². The molecule has 0 aromatic carbocycles. The molecule has 10 heavy (non-hydrogen) atoms. The maximum Gasteiger partial charge on any atom is 0.338 e. The fourth-order valence-electron chi connectivity index (χ4n) is 0.770. The predicted octanol–water partition coefficient (Wildman–Crippen LogP) is -0.835. The molecule has 0 radical (unpaired) electrons. The largest absolute Gasteiger partial charge is 0.478 e. The topological polar surface area (TPSA) is 84.6 Å². The SMILES string of the molecule is CC1NOC(N)=C1C(=O)O. The molecule has 5 nitrogen and oxygen atoms in total. The zero-order valence-electron chi connectivity index (χ0n) is 5.42. The highest BCUT2D eigenvalue weighted by Crippen LogP contribution is 2.12. The minimum Gasteiger partial charge on any atom is -0.478 e. The number of carboxylic acid groups (broad SMARTS) is 1. The summed E-state index contributed by atoms with van der Waals surface area (Å²) in [4.78, 5) is 14.9. The fourth-order valence-corrected chi connectivity index (χ4v) is 0.770. The third-order valence-corrected chi connectivity index (χ3v) is 1.27. The molecule has 0 bridgehead atoms. The van der Waals surface area contributed by atoms with E-state index >= 15 is 0 Å². The van der Waals surface area contributed by atoms with Gasteiger partial charge in [-0.05, 0) is 6.92 Å². The zero-order chi connectivity index (χ0) is 7.72. The quantitative estimate of drug-likeness (QED) is 0.447. The Morgan fingerprint density at radius 3 is 2.70 bits per heavy atom. The van der Waals surface area contributed by atoms with Crippen molar-refractivity contribution in [2.24, 2.45) is 5.73 Å². The van der Waals surface area contributed by atoms with Gasteiger partial charge in [-0.15, -0.1) is 5.48 Å². The van der Waals surface area contributed by atoms with E-state index < -0.39 is 5.97 Å². The Balaban J connectivity index is 2.88. The van der Waals surface area contributed by atoms with Crippen molar-refractivity contribution in [3.63, 3.8) is 0 Å². The molecule has 5 heteroatoms. The molecule has 0 aromatic rings. The van der Waals surface area contributed by atoms with Gasteiger partial charge in [-0.25, -0.2) is 4.79 Å². The van der Waals surface area contributed by atoms with Gasteiger partial charge < -0.3 is 15.7 Å². The van der Waals surface area contributed by atoms with E-state index in [-0.39, 0.29) is 17.5 Å². The summed E-state index contributed by atoms with van der Waals surface area (Å²) in [6, 6.07) is -0.336. The van der Waals surface area contributed by atoms with Crippen molar-refractivity contribution in [2.75, 3.05) is 0 Å². The Bertz CT molecular complexity index is 199. The number of carbonyl (C=O) groups is 1. The number of rotatable bonds is 1. The molecule has 56 valence electrons. The molecule has 0 saturated heterocycles. The molecular formula is C5H8N2O3. The maximum absolute atomic E-state index is 10.4. The van der Waals surface area contributed by atoms with Crippen molar-refractivity contribution in [1.82, 2.24) is 5.48 Å². The number of nitrogens with one attached hydrogen (secondary N) is 1. The highest BCUT2D eigenvalue weighted by atomic mass is 16.7. The normalized spacial score (nSPS) is 24.7. The second-order valence-electron chi connectivity index (χ2n) is 2.02. The van der Waals surface area contributed by atoms with Crippen molar-refractivity contribution in [3.05, 3.63) is 11.5 Å². The second-order valence-corrected chi connectivity index (χ2v) is 2.02. The van der Waals surface area contributed by atoms with Gasteiger partial charge in [0.1, 0.15) is 5.57 Å². The van der Waals surface area contributed by atoms with Gasteiger partial charge >= 0.3 is 5.97 Å². The van der Waals surface area contributed by atoms with Crippen molar-refractivity contribution in [3.8, 4) is 0 Å². The molecule has 0 spiro atoms. The summed E-state index contributed by atoms with van der Waals surface area (Å²) in [6.07, 6.45) is 0. The predicted molar refractivity (Wildman–Crippen MR) is 32.5 cm³/mol. The van der Waals surface area contributed by atoms with Crippen LogP contribution in [0.1, 0.15) is 6.92 Å². The van der Waals surface area contributed by atoms with Crippen LogP contribution in [0.5, 0.6) is 0 Å². The Hall–Kier alpha value is -1.23. The van der Waals surface area contributed by atoms with Crippen LogP contribution in [0.2, 0.25) is 0 Å². The van der Waals surface area contributed by atoms with Gasteiger partial charge in [0.05, 0.1) is 6.04 Å². The highest BCUT2D eigenvalue weighted by molar-refractivity contribution is 5.88. The van der Waals surface area contributed by atoms with E-state index in [1.807, 2.05) is 0 Å². The lowest BCUT2D eigenvalue weighted by Gasteiger charge is -1.99. The summed E-state index contributed by atoms with van der Waals surface area (Å²) in [7, 11) is 0. The Kier molecular flexibility index (Phi) is 1.50. The number of hydrogen-bond donors (Lipinski definition) is 3. The summed E-state index contributed by atoms with van der Waals surface area (Å²) in [5.41, 5.74) is 7.69. The van der Waals surface area contributed by atoms with E-state index in [2.05, 4.69) is 10.3 Å². The van der Waals surface area contributed by atoms with E-state index in [1.54, 1.807) is 6.92 Å². The van der Waals surface area contributed by atoms with Gasteiger partial charge in [0.2, 0.25) is 5.88 Å². The average Bonchev–Trinajstić information content (AvgIpc) is 2.11. The zero-order valence-corrected chi connectivity index (χ0v) is 5.42. The van der Waals surface area contributed by atoms with Crippen molar-refractivity contribution < 1.29 is 14.7 Å². The first-order chi connectivity index (χ1) is 4.63. The standard InChI is InChI=1S/C5H8N2O3/c1-2-3(5(8)9)4(6)10-7-2/h2,7H,6H2,1H3,(H,8,9). The Morgan fingerprint density at radius 2 is 2.50 bits per heavy atom. The summed E-state index contributed by atoms with van der Waals surface area (Å²) >= 11 is 0. The molecule has 0 saturated carbocycles. The van der Waals surface area contributed by atoms with Gasteiger partial charge in [0.25, 0.3) is 0 Å².